The van der Waals surface area contributed by atoms with Crippen molar-refractivity contribution in [2.24, 2.45) is 5.84 Å². The average molecular weight is 304 g/mol. The molecule has 0 atom stereocenters. The number of aryl methyl sites for hydroxylation is 1. The Morgan fingerprint density at radius 3 is 2.65 bits per heavy atom. The molecule has 2 aromatic heterocycles. The van der Waals surface area contributed by atoms with Gasteiger partial charge in [0.1, 0.15) is 5.82 Å². The Hall–Kier alpha value is -1.94. The standard InChI is InChI=1S/C10H11F3N6S/c1-5-6(20-4-16-5)3-15-8-2-7(10(11,12)13)17-9(18-8)19-14/h2,4H,3,14H2,1H3,(H2,15,17,18,19). The van der Waals surface area contributed by atoms with Crippen molar-refractivity contribution in [3.63, 3.8) is 0 Å². The summed E-state index contributed by atoms with van der Waals surface area (Å²) in [6.45, 7) is 2.15. The van der Waals surface area contributed by atoms with Crippen LogP contribution in [-0.4, -0.2) is 15.0 Å². The van der Waals surface area contributed by atoms with Crippen LogP contribution in [0.5, 0.6) is 0 Å². The number of hydrogen-bond acceptors (Lipinski definition) is 7. The van der Waals surface area contributed by atoms with Crippen LogP contribution in [0.15, 0.2) is 11.6 Å². The highest BCUT2D eigenvalue weighted by Crippen LogP contribution is 2.29. The normalized spacial score (nSPS) is 11.4. The highest BCUT2D eigenvalue weighted by atomic mass is 32.1. The molecule has 2 heterocycles. The van der Waals surface area contributed by atoms with Gasteiger partial charge in [-0.3, -0.25) is 5.43 Å². The fraction of sp³-hybridized carbons (Fsp3) is 0.300. The van der Waals surface area contributed by atoms with E-state index >= 15 is 0 Å². The molecule has 0 aliphatic carbocycles. The fourth-order valence-corrected chi connectivity index (χ4v) is 2.13. The van der Waals surface area contributed by atoms with Gasteiger partial charge in [0.2, 0.25) is 5.95 Å². The maximum Gasteiger partial charge on any atom is 0.433 e. The molecule has 4 N–H and O–H groups in total. The minimum absolute atomic E-state index is 0.0353. The van der Waals surface area contributed by atoms with E-state index in [-0.39, 0.29) is 11.8 Å². The number of alkyl halides is 3. The highest BCUT2D eigenvalue weighted by molar-refractivity contribution is 7.09. The first kappa shape index (κ1) is 14.5. The van der Waals surface area contributed by atoms with Gasteiger partial charge in [0.15, 0.2) is 5.69 Å². The number of halogens is 3. The molecule has 0 spiro atoms. The van der Waals surface area contributed by atoms with Crippen LogP contribution >= 0.6 is 11.3 Å². The topological polar surface area (TPSA) is 88.8 Å². The van der Waals surface area contributed by atoms with Gasteiger partial charge in [-0.25, -0.2) is 15.8 Å². The van der Waals surface area contributed by atoms with Crippen LogP contribution in [0.2, 0.25) is 0 Å². The second-order valence-corrected chi connectivity index (χ2v) is 4.76. The predicted molar refractivity (Wildman–Crippen MR) is 69.0 cm³/mol. The summed E-state index contributed by atoms with van der Waals surface area (Å²) < 4.78 is 38.0. The number of hydrazine groups is 1. The van der Waals surface area contributed by atoms with Gasteiger partial charge in [0.05, 0.1) is 17.7 Å². The molecule has 0 bridgehead atoms. The number of nitrogen functional groups attached to an aromatic ring is 1. The number of nitrogens with two attached hydrogens (primary N) is 1. The molecule has 10 heteroatoms. The van der Waals surface area contributed by atoms with Gasteiger partial charge < -0.3 is 5.32 Å². The van der Waals surface area contributed by atoms with Gasteiger partial charge in [-0.2, -0.15) is 18.2 Å². The van der Waals surface area contributed by atoms with Gasteiger partial charge in [-0.05, 0) is 6.92 Å². The molecule has 0 unspecified atom stereocenters. The molecule has 0 radical (unpaired) electrons. The van der Waals surface area contributed by atoms with Gasteiger partial charge in [-0.15, -0.1) is 11.3 Å². The zero-order valence-electron chi connectivity index (χ0n) is 10.3. The van der Waals surface area contributed by atoms with Crippen LogP contribution < -0.4 is 16.6 Å². The molecular weight excluding hydrogens is 293 g/mol. The van der Waals surface area contributed by atoms with E-state index in [9.17, 15) is 13.2 Å². The summed E-state index contributed by atoms with van der Waals surface area (Å²) in [5, 5.41) is 2.80. The van der Waals surface area contributed by atoms with Gasteiger partial charge in [0.25, 0.3) is 0 Å². The zero-order valence-corrected chi connectivity index (χ0v) is 11.1. The van der Waals surface area contributed by atoms with Crippen LogP contribution in [-0.2, 0) is 12.7 Å². The Morgan fingerprint density at radius 2 is 2.10 bits per heavy atom. The number of nitrogens with zero attached hydrogens (tertiary/aromatic N) is 3. The van der Waals surface area contributed by atoms with Crippen molar-refractivity contribution in [3.05, 3.63) is 27.8 Å². The van der Waals surface area contributed by atoms with Crippen molar-refractivity contribution in [3.8, 4) is 0 Å². The van der Waals surface area contributed by atoms with E-state index in [0.29, 0.717) is 6.54 Å². The maximum absolute atomic E-state index is 12.7. The van der Waals surface area contributed by atoms with Gasteiger partial charge >= 0.3 is 6.18 Å². The summed E-state index contributed by atoms with van der Waals surface area (Å²) in [5.41, 5.74) is 3.44. The fourth-order valence-electron chi connectivity index (χ4n) is 1.41. The lowest BCUT2D eigenvalue weighted by atomic mass is 10.3. The third-order valence-corrected chi connectivity index (χ3v) is 3.36. The SMILES string of the molecule is Cc1ncsc1CNc1cc(C(F)(F)F)nc(NN)n1. The van der Waals surface area contributed by atoms with Crippen LogP contribution in [0.1, 0.15) is 16.3 Å². The monoisotopic (exact) mass is 304 g/mol. The first-order chi connectivity index (χ1) is 9.40. The number of thiazole rings is 1. The Morgan fingerprint density at radius 1 is 1.35 bits per heavy atom. The van der Waals surface area contributed by atoms with Crippen molar-refractivity contribution in [1.29, 1.82) is 0 Å². The predicted octanol–water partition coefficient (Wildman–Crippen LogP) is 2.16. The van der Waals surface area contributed by atoms with Gasteiger partial charge in [-0.1, -0.05) is 0 Å². The van der Waals surface area contributed by atoms with E-state index in [1.165, 1.54) is 11.3 Å². The summed E-state index contributed by atoms with van der Waals surface area (Å²) in [6, 6.07) is 0.831. The summed E-state index contributed by atoms with van der Waals surface area (Å²) in [4.78, 5) is 12.1. The largest absolute Gasteiger partial charge is 0.433 e. The van der Waals surface area contributed by atoms with E-state index in [1.54, 1.807) is 5.51 Å². The summed E-state index contributed by atoms with van der Waals surface area (Å²) in [5.74, 6) is 4.80. The summed E-state index contributed by atoms with van der Waals surface area (Å²) in [7, 11) is 0. The van der Waals surface area contributed by atoms with Crippen LogP contribution in [0.3, 0.4) is 0 Å². The van der Waals surface area contributed by atoms with E-state index in [2.05, 4.69) is 20.3 Å². The average Bonchev–Trinajstić information content (AvgIpc) is 2.80. The Bertz CT molecular complexity index is 597. The molecule has 0 aliphatic heterocycles. The van der Waals surface area contributed by atoms with Gasteiger partial charge in [0, 0.05) is 10.9 Å². The van der Waals surface area contributed by atoms with Crippen LogP contribution in [0.4, 0.5) is 24.9 Å². The van der Waals surface area contributed by atoms with E-state index < -0.39 is 11.9 Å². The lowest BCUT2D eigenvalue weighted by molar-refractivity contribution is -0.141. The quantitative estimate of drug-likeness (QED) is 0.592. The minimum atomic E-state index is -4.56. The van der Waals surface area contributed by atoms with E-state index in [4.69, 9.17) is 5.84 Å². The van der Waals surface area contributed by atoms with Crippen molar-refractivity contribution in [2.75, 3.05) is 10.7 Å². The van der Waals surface area contributed by atoms with Crippen molar-refractivity contribution >= 4 is 23.1 Å². The zero-order chi connectivity index (χ0) is 14.8. The molecule has 0 saturated heterocycles. The lowest BCUT2D eigenvalue weighted by Crippen LogP contribution is -2.16. The van der Waals surface area contributed by atoms with Crippen LogP contribution in [0.25, 0.3) is 0 Å². The second kappa shape index (κ2) is 5.59. The number of rotatable bonds is 4. The number of aromatic nitrogens is 3. The Kier molecular flexibility index (Phi) is 4.04. The van der Waals surface area contributed by atoms with Crippen LogP contribution in [0, 0.1) is 6.92 Å². The number of hydrogen-bond donors (Lipinski definition) is 3. The minimum Gasteiger partial charge on any atom is -0.365 e. The molecule has 20 heavy (non-hydrogen) atoms. The molecule has 0 fully saturated rings. The Labute approximate surface area is 116 Å². The van der Waals surface area contributed by atoms with Crippen molar-refractivity contribution in [2.45, 2.75) is 19.6 Å². The molecule has 6 nitrogen and oxygen atoms in total. The maximum atomic E-state index is 12.7. The first-order valence-corrected chi connectivity index (χ1v) is 6.34. The summed E-state index contributed by atoms with van der Waals surface area (Å²) in [6.07, 6.45) is -4.56. The Balaban J connectivity index is 2.21. The highest BCUT2D eigenvalue weighted by Gasteiger charge is 2.33. The smallest absolute Gasteiger partial charge is 0.365 e. The summed E-state index contributed by atoms with van der Waals surface area (Å²) >= 11 is 1.41. The molecule has 0 saturated carbocycles. The third kappa shape index (κ3) is 3.33. The molecule has 0 amide bonds. The lowest BCUT2D eigenvalue weighted by Gasteiger charge is -2.11. The third-order valence-electron chi connectivity index (χ3n) is 2.42. The van der Waals surface area contributed by atoms with Crippen molar-refractivity contribution < 1.29 is 13.2 Å². The molecule has 0 aliphatic rings. The van der Waals surface area contributed by atoms with E-state index in [0.717, 1.165) is 16.6 Å². The van der Waals surface area contributed by atoms with E-state index in [1.807, 2.05) is 12.3 Å². The molecule has 0 aromatic carbocycles. The molecule has 2 aromatic rings. The number of nitrogens with one attached hydrogen (secondary N) is 2. The van der Waals surface area contributed by atoms with Crippen molar-refractivity contribution in [1.82, 2.24) is 15.0 Å². The molecular formula is C10H11F3N6S. The second-order valence-electron chi connectivity index (χ2n) is 3.82. The number of anilines is 2. The molecule has 2 rings (SSSR count). The first-order valence-electron chi connectivity index (χ1n) is 5.46. The molecule has 108 valence electrons.